The summed E-state index contributed by atoms with van der Waals surface area (Å²) in [5.41, 5.74) is 2.35. The molecule has 0 saturated carbocycles. The second-order valence-corrected chi connectivity index (χ2v) is 7.36. The molecule has 31 heavy (non-hydrogen) atoms. The van der Waals surface area contributed by atoms with Crippen molar-refractivity contribution in [3.05, 3.63) is 94.1 Å². The number of nitrogens with zero attached hydrogens (tertiary/aromatic N) is 1. The second kappa shape index (κ2) is 9.02. The summed E-state index contributed by atoms with van der Waals surface area (Å²) in [6, 6.07) is 17.8. The number of hydrogen-bond donors (Lipinski definition) is 1. The van der Waals surface area contributed by atoms with Gasteiger partial charge in [0.15, 0.2) is 6.10 Å². The molecular weight excluding hydrogens is 416 g/mol. The number of carbonyl (C=O) groups is 1. The van der Waals surface area contributed by atoms with Crippen molar-refractivity contribution in [3.8, 4) is 16.9 Å². The lowest BCUT2D eigenvalue weighted by Gasteiger charge is -2.16. The Kier molecular flexibility index (Phi) is 6.00. The smallest absolute Gasteiger partial charge is 0.336 e. The van der Waals surface area contributed by atoms with E-state index < -0.39 is 11.7 Å². The van der Waals surface area contributed by atoms with Gasteiger partial charge in [0.2, 0.25) is 0 Å². The van der Waals surface area contributed by atoms with Crippen LogP contribution in [0.15, 0.2) is 82.3 Å². The largest absolute Gasteiger partial charge is 0.479 e. The van der Waals surface area contributed by atoms with Gasteiger partial charge in [0.25, 0.3) is 5.91 Å². The molecule has 0 aliphatic rings. The zero-order valence-corrected chi connectivity index (χ0v) is 17.4. The highest BCUT2D eigenvalue weighted by Crippen LogP contribution is 2.35. The Bertz CT molecular complexity index is 1270. The van der Waals surface area contributed by atoms with Crippen LogP contribution < -0.4 is 15.7 Å². The lowest BCUT2D eigenvalue weighted by Crippen LogP contribution is -2.35. The standard InChI is InChI=1S/C24H19ClN2O4/c1-15(24(29)27-14-16-7-9-26-10-8-16)30-22-13-21-19(11-20(22)25)18(12-23(28)31-21)17-5-3-2-4-6-17/h2-13,15H,14H2,1H3,(H,27,29)/t15-/m1/s1. The Morgan fingerprint density at radius 2 is 1.87 bits per heavy atom. The molecular formula is C24H19ClN2O4. The van der Waals surface area contributed by atoms with E-state index in [-0.39, 0.29) is 11.7 Å². The Hall–Kier alpha value is -3.64. The Labute approximate surface area is 183 Å². The van der Waals surface area contributed by atoms with E-state index in [9.17, 15) is 9.59 Å². The number of fused-ring (bicyclic) bond motifs is 1. The van der Waals surface area contributed by atoms with E-state index in [0.717, 1.165) is 11.1 Å². The van der Waals surface area contributed by atoms with Crippen molar-refractivity contribution in [1.82, 2.24) is 10.3 Å². The van der Waals surface area contributed by atoms with Gasteiger partial charge in [-0.1, -0.05) is 41.9 Å². The monoisotopic (exact) mass is 434 g/mol. The summed E-state index contributed by atoms with van der Waals surface area (Å²) >= 11 is 6.44. The van der Waals surface area contributed by atoms with Crippen molar-refractivity contribution >= 4 is 28.5 Å². The van der Waals surface area contributed by atoms with Gasteiger partial charge in [0.1, 0.15) is 11.3 Å². The molecule has 2 aromatic heterocycles. The first kappa shape index (κ1) is 20.6. The van der Waals surface area contributed by atoms with Gasteiger partial charge in [-0.15, -0.1) is 0 Å². The van der Waals surface area contributed by atoms with Gasteiger partial charge < -0.3 is 14.5 Å². The van der Waals surface area contributed by atoms with Gasteiger partial charge in [-0.3, -0.25) is 9.78 Å². The summed E-state index contributed by atoms with van der Waals surface area (Å²) in [7, 11) is 0. The molecule has 7 heteroatoms. The number of halogens is 1. The third kappa shape index (κ3) is 4.75. The van der Waals surface area contributed by atoms with E-state index >= 15 is 0 Å². The molecule has 2 heterocycles. The molecule has 156 valence electrons. The number of benzene rings is 2. The molecule has 1 atom stereocenters. The van der Waals surface area contributed by atoms with Crippen LogP contribution in [0.2, 0.25) is 5.02 Å². The van der Waals surface area contributed by atoms with Crippen LogP contribution in [-0.2, 0) is 11.3 Å². The average Bonchev–Trinajstić information content (AvgIpc) is 2.79. The summed E-state index contributed by atoms with van der Waals surface area (Å²) in [6.45, 7) is 1.98. The molecule has 0 saturated heterocycles. The molecule has 0 unspecified atom stereocenters. The van der Waals surface area contributed by atoms with Crippen molar-refractivity contribution in [3.63, 3.8) is 0 Å². The molecule has 0 radical (unpaired) electrons. The highest BCUT2D eigenvalue weighted by molar-refractivity contribution is 6.33. The minimum absolute atomic E-state index is 0.258. The van der Waals surface area contributed by atoms with Crippen molar-refractivity contribution in [2.45, 2.75) is 19.6 Å². The van der Waals surface area contributed by atoms with Crippen LogP contribution in [-0.4, -0.2) is 17.0 Å². The van der Waals surface area contributed by atoms with Gasteiger partial charge in [0, 0.05) is 36.5 Å². The van der Waals surface area contributed by atoms with E-state index in [2.05, 4.69) is 10.3 Å². The lowest BCUT2D eigenvalue weighted by atomic mass is 10.0. The number of amides is 1. The maximum absolute atomic E-state index is 12.4. The van der Waals surface area contributed by atoms with Crippen LogP contribution in [0, 0.1) is 0 Å². The zero-order valence-electron chi connectivity index (χ0n) is 16.7. The van der Waals surface area contributed by atoms with Crippen molar-refractivity contribution in [1.29, 1.82) is 0 Å². The number of nitrogens with one attached hydrogen (secondary N) is 1. The fraction of sp³-hybridized carbons (Fsp3) is 0.125. The van der Waals surface area contributed by atoms with Crippen molar-refractivity contribution in [2.24, 2.45) is 0 Å². The number of carbonyl (C=O) groups excluding carboxylic acids is 1. The molecule has 0 bridgehead atoms. The third-order valence-corrected chi connectivity index (χ3v) is 5.07. The molecule has 4 rings (SSSR count). The van der Waals surface area contributed by atoms with Gasteiger partial charge in [-0.2, -0.15) is 0 Å². The molecule has 1 amide bonds. The van der Waals surface area contributed by atoms with Gasteiger partial charge in [-0.25, -0.2) is 4.79 Å². The quantitative estimate of drug-likeness (QED) is 0.449. The highest BCUT2D eigenvalue weighted by Gasteiger charge is 2.18. The first-order valence-corrected chi connectivity index (χ1v) is 10.0. The fourth-order valence-corrected chi connectivity index (χ4v) is 3.40. The van der Waals surface area contributed by atoms with E-state index in [1.54, 1.807) is 25.4 Å². The molecule has 0 aliphatic heterocycles. The number of pyridine rings is 1. The third-order valence-electron chi connectivity index (χ3n) is 4.77. The van der Waals surface area contributed by atoms with Gasteiger partial charge in [-0.05, 0) is 41.8 Å². The summed E-state index contributed by atoms with van der Waals surface area (Å²) in [4.78, 5) is 28.5. The summed E-state index contributed by atoms with van der Waals surface area (Å²) in [5.74, 6) is -0.0402. The van der Waals surface area contributed by atoms with Gasteiger partial charge in [0.05, 0.1) is 5.02 Å². The Morgan fingerprint density at radius 1 is 1.13 bits per heavy atom. The number of ether oxygens (including phenoxy) is 1. The zero-order chi connectivity index (χ0) is 21.8. The molecule has 4 aromatic rings. The number of rotatable bonds is 6. The SMILES string of the molecule is C[C@@H](Oc1cc2oc(=O)cc(-c3ccccc3)c2cc1Cl)C(=O)NCc1ccncc1. The van der Waals surface area contributed by atoms with E-state index in [4.69, 9.17) is 20.8 Å². The summed E-state index contributed by atoms with van der Waals surface area (Å²) in [5, 5.41) is 3.80. The summed E-state index contributed by atoms with van der Waals surface area (Å²) < 4.78 is 11.1. The Morgan fingerprint density at radius 3 is 2.61 bits per heavy atom. The van der Waals surface area contributed by atoms with Crippen LogP contribution in [0.25, 0.3) is 22.1 Å². The highest BCUT2D eigenvalue weighted by atomic mass is 35.5. The van der Waals surface area contributed by atoms with Crippen molar-refractivity contribution < 1.29 is 13.9 Å². The fourth-order valence-electron chi connectivity index (χ4n) is 3.19. The maximum atomic E-state index is 12.4. The molecule has 0 spiro atoms. The normalized spacial score (nSPS) is 11.8. The maximum Gasteiger partial charge on any atom is 0.336 e. The minimum atomic E-state index is -0.805. The molecule has 2 aromatic carbocycles. The summed E-state index contributed by atoms with van der Waals surface area (Å²) in [6.07, 6.45) is 2.52. The Balaban J connectivity index is 1.57. The van der Waals surface area contributed by atoms with E-state index in [1.165, 1.54) is 12.1 Å². The molecule has 0 aliphatic carbocycles. The minimum Gasteiger partial charge on any atom is -0.479 e. The predicted molar refractivity (Wildman–Crippen MR) is 119 cm³/mol. The van der Waals surface area contributed by atoms with Crippen LogP contribution >= 0.6 is 11.6 Å². The number of hydrogen-bond acceptors (Lipinski definition) is 5. The van der Waals surface area contributed by atoms with Crippen LogP contribution in [0.4, 0.5) is 0 Å². The topological polar surface area (TPSA) is 81.4 Å². The van der Waals surface area contributed by atoms with Crippen LogP contribution in [0.3, 0.4) is 0 Å². The van der Waals surface area contributed by atoms with E-state index in [0.29, 0.717) is 28.1 Å². The number of aromatic nitrogens is 1. The molecule has 6 nitrogen and oxygen atoms in total. The first-order chi connectivity index (χ1) is 15.0. The van der Waals surface area contributed by atoms with Crippen LogP contribution in [0.5, 0.6) is 5.75 Å². The predicted octanol–water partition coefficient (Wildman–Crippen LogP) is 4.59. The average molecular weight is 435 g/mol. The van der Waals surface area contributed by atoms with Crippen molar-refractivity contribution in [2.75, 3.05) is 0 Å². The second-order valence-electron chi connectivity index (χ2n) is 6.96. The molecule has 1 N–H and O–H groups in total. The first-order valence-electron chi connectivity index (χ1n) is 9.67. The van der Waals surface area contributed by atoms with Gasteiger partial charge >= 0.3 is 5.63 Å². The molecule has 0 fully saturated rings. The lowest BCUT2D eigenvalue weighted by molar-refractivity contribution is -0.127. The van der Waals surface area contributed by atoms with E-state index in [1.807, 2.05) is 42.5 Å². The van der Waals surface area contributed by atoms with Crippen LogP contribution in [0.1, 0.15) is 12.5 Å².